The molecule has 1 heterocycles. The minimum atomic E-state index is -3.80. The molecule has 0 saturated heterocycles. The minimum Gasteiger partial charge on any atom is -0.481 e. The summed E-state index contributed by atoms with van der Waals surface area (Å²) in [5.41, 5.74) is 2.40. The largest absolute Gasteiger partial charge is 0.481 e. The summed E-state index contributed by atoms with van der Waals surface area (Å²) < 4.78 is 27.7. The van der Waals surface area contributed by atoms with Crippen LogP contribution in [0.25, 0.3) is 22.0 Å². The molecule has 1 aromatic heterocycles. The van der Waals surface area contributed by atoms with Gasteiger partial charge in [0.2, 0.25) is 0 Å². The van der Waals surface area contributed by atoms with Crippen molar-refractivity contribution in [3.63, 3.8) is 0 Å². The molecule has 0 unspecified atom stereocenters. The van der Waals surface area contributed by atoms with E-state index in [1.54, 1.807) is 66.9 Å². The monoisotopic (exact) mass is 425 g/mol. The maximum atomic E-state index is 13.2. The molecule has 0 saturated carbocycles. The highest BCUT2D eigenvalue weighted by Crippen LogP contribution is 2.34. The standard InChI is InChI=1S/C22H16ClNO4S/c23-17-11-15(12-22(25)26)10-16(13-17)20-14-24(21-9-5-4-8-19(20)21)29(27,28)18-6-2-1-3-7-18/h1-11,13-14H,12H2,(H,25,26). The van der Waals surface area contributed by atoms with Crippen LogP contribution in [0, 0.1) is 0 Å². The maximum absolute atomic E-state index is 13.2. The van der Waals surface area contributed by atoms with Crippen LogP contribution in [-0.2, 0) is 21.2 Å². The Morgan fingerprint density at radius 2 is 1.66 bits per heavy atom. The van der Waals surface area contributed by atoms with Crippen molar-refractivity contribution in [2.75, 3.05) is 0 Å². The fourth-order valence-corrected chi connectivity index (χ4v) is 5.02. The average Bonchev–Trinajstić information content (AvgIpc) is 3.08. The van der Waals surface area contributed by atoms with Gasteiger partial charge >= 0.3 is 5.97 Å². The van der Waals surface area contributed by atoms with Gasteiger partial charge in [-0.1, -0.05) is 54.1 Å². The van der Waals surface area contributed by atoms with Gasteiger partial charge in [-0.2, -0.15) is 0 Å². The molecule has 0 aliphatic carbocycles. The lowest BCUT2D eigenvalue weighted by atomic mass is 10.0. The first-order chi connectivity index (χ1) is 13.9. The third-order valence-electron chi connectivity index (χ3n) is 4.60. The van der Waals surface area contributed by atoms with Crippen LogP contribution in [0.3, 0.4) is 0 Å². The third-order valence-corrected chi connectivity index (χ3v) is 6.51. The molecule has 0 radical (unpaired) electrons. The lowest BCUT2D eigenvalue weighted by Crippen LogP contribution is -2.11. The first kappa shape index (κ1) is 19.2. The fraction of sp³-hybridized carbons (Fsp3) is 0.0455. The van der Waals surface area contributed by atoms with Crippen LogP contribution in [0.5, 0.6) is 0 Å². The van der Waals surface area contributed by atoms with Crippen LogP contribution in [0.15, 0.2) is 83.9 Å². The first-order valence-electron chi connectivity index (χ1n) is 8.78. The maximum Gasteiger partial charge on any atom is 0.307 e. The first-order valence-corrected chi connectivity index (χ1v) is 10.6. The van der Waals surface area contributed by atoms with Crippen molar-refractivity contribution in [1.29, 1.82) is 0 Å². The second kappa shape index (κ2) is 7.39. The third kappa shape index (κ3) is 3.64. The van der Waals surface area contributed by atoms with Crippen LogP contribution in [-0.4, -0.2) is 23.5 Å². The van der Waals surface area contributed by atoms with Gasteiger partial charge in [0, 0.05) is 22.2 Å². The topological polar surface area (TPSA) is 76.4 Å². The summed E-state index contributed by atoms with van der Waals surface area (Å²) >= 11 is 6.21. The molecule has 3 aromatic carbocycles. The Balaban J connectivity index is 1.95. The summed E-state index contributed by atoms with van der Waals surface area (Å²) in [5.74, 6) is -0.965. The molecule has 4 aromatic rings. The van der Waals surface area contributed by atoms with Gasteiger partial charge in [-0.25, -0.2) is 12.4 Å². The van der Waals surface area contributed by atoms with E-state index in [1.807, 2.05) is 12.1 Å². The van der Waals surface area contributed by atoms with Gasteiger partial charge in [-0.05, 0) is 41.5 Å². The Bertz CT molecular complexity index is 1330. The van der Waals surface area contributed by atoms with Gasteiger partial charge in [-0.15, -0.1) is 0 Å². The van der Waals surface area contributed by atoms with Crippen molar-refractivity contribution >= 4 is 38.5 Å². The molecule has 0 aliphatic rings. The molecular formula is C22H16ClNO4S. The number of hydrogen-bond acceptors (Lipinski definition) is 3. The lowest BCUT2D eigenvalue weighted by Gasteiger charge is -2.07. The Morgan fingerprint density at radius 1 is 0.966 bits per heavy atom. The van der Waals surface area contributed by atoms with Gasteiger partial charge in [0.05, 0.1) is 16.8 Å². The summed E-state index contributed by atoms with van der Waals surface area (Å²) in [5, 5.41) is 10.2. The van der Waals surface area contributed by atoms with Gasteiger partial charge in [0.1, 0.15) is 0 Å². The second-order valence-corrected chi connectivity index (χ2v) is 8.84. The van der Waals surface area contributed by atoms with Crippen molar-refractivity contribution in [1.82, 2.24) is 3.97 Å². The summed E-state index contributed by atoms with van der Waals surface area (Å²) in [4.78, 5) is 11.3. The quantitative estimate of drug-likeness (QED) is 0.497. The molecule has 0 fully saturated rings. The molecular weight excluding hydrogens is 410 g/mol. The van der Waals surface area contributed by atoms with Crippen LogP contribution < -0.4 is 0 Å². The average molecular weight is 426 g/mol. The molecule has 0 spiro atoms. The van der Waals surface area contributed by atoms with Crippen molar-refractivity contribution < 1.29 is 18.3 Å². The highest BCUT2D eigenvalue weighted by atomic mass is 35.5. The zero-order valence-corrected chi connectivity index (χ0v) is 16.7. The van der Waals surface area contributed by atoms with Crippen molar-refractivity contribution in [2.24, 2.45) is 0 Å². The predicted molar refractivity (Wildman–Crippen MR) is 113 cm³/mol. The number of hydrogen-bond donors (Lipinski definition) is 1. The highest BCUT2D eigenvalue weighted by molar-refractivity contribution is 7.90. The van der Waals surface area contributed by atoms with E-state index in [4.69, 9.17) is 16.7 Å². The molecule has 5 nitrogen and oxygen atoms in total. The van der Waals surface area contributed by atoms with Gasteiger partial charge in [0.15, 0.2) is 0 Å². The smallest absolute Gasteiger partial charge is 0.307 e. The molecule has 4 rings (SSSR count). The number of aliphatic carboxylic acids is 1. The van der Waals surface area contributed by atoms with E-state index in [0.717, 1.165) is 5.39 Å². The molecule has 7 heteroatoms. The fourth-order valence-electron chi connectivity index (χ4n) is 3.37. The molecule has 0 atom stereocenters. The van der Waals surface area contributed by atoms with Crippen LogP contribution in [0.2, 0.25) is 5.02 Å². The number of fused-ring (bicyclic) bond motifs is 1. The number of rotatable bonds is 5. The zero-order chi connectivity index (χ0) is 20.6. The Morgan fingerprint density at radius 3 is 2.38 bits per heavy atom. The minimum absolute atomic E-state index is 0.172. The number of halogens is 1. The summed E-state index contributed by atoms with van der Waals surface area (Å²) in [6.45, 7) is 0. The van der Waals surface area contributed by atoms with Crippen LogP contribution >= 0.6 is 11.6 Å². The Labute approximate surface area is 172 Å². The molecule has 0 bridgehead atoms. The Hall–Kier alpha value is -3.09. The number of carbonyl (C=O) groups is 1. The number of nitrogens with zero attached hydrogens (tertiary/aromatic N) is 1. The number of aromatic nitrogens is 1. The van der Waals surface area contributed by atoms with E-state index in [9.17, 15) is 13.2 Å². The molecule has 0 aliphatic heterocycles. The van der Waals surface area contributed by atoms with Gasteiger partial charge in [0.25, 0.3) is 10.0 Å². The second-order valence-electron chi connectivity index (χ2n) is 6.59. The number of carboxylic acids is 1. The van der Waals surface area contributed by atoms with Crippen molar-refractivity contribution in [2.45, 2.75) is 11.3 Å². The molecule has 29 heavy (non-hydrogen) atoms. The summed E-state index contributed by atoms with van der Waals surface area (Å²) in [6.07, 6.45) is 1.39. The number of carboxylic acid groups (broad SMARTS) is 1. The van der Waals surface area contributed by atoms with E-state index in [2.05, 4.69) is 0 Å². The SMILES string of the molecule is O=C(O)Cc1cc(Cl)cc(-c2cn(S(=O)(=O)c3ccccc3)c3ccccc23)c1. The van der Waals surface area contributed by atoms with Gasteiger partial charge in [-0.3, -0.25) is 4.79 Å². The summed E-state index contributed by atoms with van der Waals surface area (Å²) in [6, 6.07) is 20.4. The van der Waals surface area contributed by atoms with E-state index < -0.39 is 16.0 Å². The molecule has 146 valence electrons. The van der Waals surface area contributed by atoms with Crippen LogP contribution in [0.1, 0.15) is 5.56 Å². The van der Waals surface area contributed by atoms with E-state index in [1.165, 1.54) is 3.97 Å². The lowest BCUT2D eigenvalue weighted by molar-refractivity contribution is -0.136. The van der Waals surface area contributed by atoms with E-state index >= 15 is 0 Å². The Kier molecular flexibility index (Phi) is 4.90. The summed E-state index contributed by atoms with van der Waals surface area (Å²) in [7, 11) is -3.80. The number of para-hydroxylation sites is 1. The van der Waals surface area contributed by atoms with Crippen LogP contribution in [0.4, 0.5) is 0 Å². The van der Waals surface area contributed by atoms with Gasteiger partial charge < -0.3 is 5.11 Å². The highest BCUT2D eigenvalue weighted by Gasteiger charge is 2.21. The predicted octanol–water partition coefficient (Wildman–Crippen LogP) is 4.83. The van der Waals surface area contributed by atoms with E-state index in [-0.39, 0.29) is 11.3 Å². The van der Waals surface area contributed by atoms with E-state index in [0.29, 0.717) is 27.2 Å². The number of benzene rings is 3. The van der Waals surface area contributed by atoms with Crippen molar-refractivity contribution in [3.05, 3.63) is 89.6 Å². The molecule has 1 N–H and O–H groups in total. The molecule has 0 amide bonds. The normalized spacial score (nSPS) is 11.6. The van der Waals surface area contributed by atoms with Crippen molar-refractivity contribution in [3.8, 4) is 11.1 Å². The zero-order valence-electron chi connectivity index (χ0n) is 15.1.